The lowest BCUT2D eigenvalue weighted by Gasteiger charge is -2.24. The summed E-state index contributed by atoms with van der Waals surface area (Å²) in [6, 6.07) is 6.11. The van der Waals surface area contributed by atoms with Gasteiger partial charge in [-0.2, -0.15) is 0 Å². The van der Waals surface area contributed by atoms with Crippen molar-refractivity contribution in [2.45, 2.75) is 25.8 Å². The summed E-state index contributed by atoms with van der Waals surface area (Å²) in [6.45, 7) is 6.25. The normalized spacial score (nSPS) is 11.6. The third-order valence-corrected chi connectivity index (χ3v) is 3.55. The Hall–Kier alpha value is -0.580. The van der Waals surface area contributed by atoms with E-state index in [2.05, 4.69) is 46.5 Å². The summed E-state index contributed by atoms with van der Waals surface area (Å²) in [4.78, 5) is 0. The van der Waals surface area contributed by atoms with Gasteiger partial charge < -0.3 is 15.4 Å². The predicted octanol–water partition coefficient (Wildman–Crippen LogP) is 2.59. The van der Waals surface area contributed by atoms with Crippen LogP contribution in [-0.2, 0) is 6.42 Å². The molecule has 0 aromatic heterocycles. The molecule has 0 heterocycles. The fourth-order valence-corrected chi connectivity index (χ4v) is 2.06. The van der Waals surface area contributed by atoms with Gasteiger partial charge in [0.25, 0.3) is 0 Å². The Morgan fingerprint density at radius 1 is 1.33 bits per heavy atom. The first-order chi connectivity index (χ1) is 8.48. The van der Waals surface area contributed by atoms with Crippen molar-refractivity contribution in [2.75, 3.05) is 27.2 Å². The topological polar surface area (TPSA) is 33.3 Å². The van der Waals surface area contributed by atoms with Crippen molar-refractivity contribution < 1.29 is 4.74 Å². The van der Waals surface area contributed by atoms with Gasteiger partial charge in [0.05, 0.1) is 7.11 Å². The van der Waals surface area contributed by atoms with Crippen molar-refractivity contribution in [3.05, 3.63) is 28.2 Å². The third-order valence-electron chi connectivity index (χ3n) is 3.06. The number of likely N-dealkylation sites (N-methyl/N-ethyl adjacent to an activating group) is 1. The van der Waals surface area contributed by atoms with Gasteiger partial charge in [-0.05, 0) is 57.6 Å². The monoisotopic (exact) mass is 314 g/mol. The molecule has 3 nitrogen and oxygen atoms in total. The minimum atomic E-state index is 0.126. The molecule has 0 aliphatic heterocycles. The first-order valence-corrected chi connectivity index (χ1v) is 7.00. The fourth-order valence-electron chi connectivity index (χ4n) is 1.65. The largest absolute Gasteiger partial charge is 0.496 e. The maximum Gasteiger partial charge on any atom is 0.122 e. The molecule has 0 unspecified atom stereocenters. The van der Waals surface area contributed by atoms with E-state index < -0.39 is 0 Å². The summed E-state index contributed by atoms with van der Waals surface area (Å²) >= 11 is 3.49. The van der Waals surface area contributed by atoms with Crippen LogP contribution in [0.15, 0.2) is 22.7 Å². The van der Waals surface area contributed by atoms with Gasteiger partial charge in [-0.1, -0.05) is 15.9 Å². The van der Waals surface area contributed by atoms with E-state index in [-0.39, 0.29) is 5.54 Å². The molecule has 0 saturated heterocycles. The summed E-state index contributed by atoms with van der Waals surface area (Å²) in [5.74, 6) is 0.952. The quantitative estimate of drug-likeness (QED) is 0.759. The lowest BCUT2D eigenvalue weighted by Crippen LogP contribution is -2.46. The zero-order chi connectivity index (χ0) is 13.6. The van der Waals surface area contributed by atoms with Crippen molar-refractivity contribution >= 4 is 15.9 Å². The molecule has 2 N–H and O–H groups in total. The molecule has 102 valence electrons. The number of benzene rings is 1. The highest BCUT2D eigenvalue weighted by atomic mass is 79.9. The fraction of sp³-hybridized carbons (Fsp3) is 0.571. The minimum Gasteiger partial charge on any atom is -0.496 e. The molecule has 0 aliphatic carbocycles. The number of hydrogen-bond acceptors (Lipinski definition) is 3. The molecule has 0 atom stereocenters. The highest BCUT2D eigenvalue weighted by Gasteiger charge is 2.13. The van der Waals surface area contributed by atoms with Crippen LogP contribution in [0.2, 0.25) is 0 Å². The van der Waals surface area contributed by atoms with Crippen molar-refractivity contribution in [1.82, 2.24) is 10.6 Å². The van der Waals surface area contributed by atoms with E-state index in [1.807, 2.05) is 19.2 Å². The van der Waals surface area contributed by atoms with Crippen molar-refractivity contribution in [1.29, 1.82) is 0 Å². The number of ether oxygens (including phenoxy) is 1. The molecule has 0 saturated carbocycles. The molecular weight excluding hydrogens is 292 g/mol. The molecular formula is C14H23BrN2O. The van der Waals surface area contributed by atoms with E-state index in [0.717, 1.165) is 29.7 Å². The van der Waals surface area contributed by atoms with Crippen molar-refractivity contribution in [2.24, 2.45) is 0 Å². The van der Waals surface area contributed by atoms with Gasteiger partial charge in [-0.15, -0.1) is 0 Å². The molecule has 0 spiro atoms. The van der Waals surface area contributed by atoms with Gasteiger partial charge >= 0.3 is 0 Å². The van der Waals surface area contributed by atoms with Crippen LogP contribution in [0.4, 0.5) is 0 Å². The number of hydrogen-bond donors (Lipinski definition) is 2. The SMILES string of the molecule is CNC(C)(C)CNCCc1cc(Br)ccc1OC. The van der Waals surface area contributed by atoms with Gasteiger partial charge in [0.15, 0.2) is 0 Å². The maximum absolute atomic E-state index is 5.36. The second kappa shape index (κ2) is 7.12. The molecule has 0 fully saturated rings. The summed E-state index contributed by atoms with van der Waals surface area (Å²) < 4.78 is 6.45. The molecule has 4 heteroatoms. The Kier molecular flexibility index (Phi) is 6.12. The van der Waals surface area contributed by atoms with Gasteiger partial charge in [0.2, 0.25) is 0 Å². The average Bonchev–Trinajstić information content (AvgIpc) is 2.35. The van der Waals surface area contributed by atoms with Gasteiger partial charge in [0, 0.05) is 16.6 Å². The molecule has 1 aromatic carbocycles. The summed E-state index contributed by atoms with van der Waals surface area (Å²) in [7, 11) is 3.70. The Balaban J connectivity index is 2.46. The van der Waals surface area contributed by atoms with E-state index >= 15 is 0 Å². The van der Waals surface area contributed by atoms with E-state index in [9.17, 15) is 0 Å². The van der Waals surface area contributed by atoms with Crippen LogP contribution in [0.5, 0.6) is 5.75 Å². The Bertz CT molecular complexity index is 380. The molecule has 18 heavy (non-hydrogen) atoms. The smallest absolute Gasteiger partial charge is 0.122 e. The highest BCUT2D eigenvalue weighted by Crippen LogP contribution is 2.23. The van der Waals surface area contributed by atoms with Gasteiger partial charge in [-0.25, -0.2) is 0 Å². The number of rotatable bonds is 7. The van der Waals surface area contributed by atoms with Crippen LogP contribution >= 0.6 is 15.9 Å². The Morgan fingerprint density at radius 2 is 2.06 bits per heavy atom. The molecule has 1 rings (SSSR count). The molecule has 0 bridgehead atoms. The number of halogens is 1. The second-order valence-corrected chi connectivity index (χ2v) is 5.93. The van der Waals surface area contributed by atoms with Crippen LogP contribution < -0.4 is 15.4 Å². The van der Waals surface area contributed by atoms with Crippen molar-refractivity contribution in [3.63, 3.8) is 0 Å². The van der Waals surface area contributed by atoms with Crippen LogP contribution in [-0.4, -0.2) is 32.8 Å². The molecule has 0 amide bonds. The average molecular weight is 315 g/mol. The number of methoxy groups -OCH3 is 1. The second-order valence-electron chi connectivity index (χ2n) is 5.02. The van der Waals surface area contributed by atoms with Gasteiger partial charge in [-0.3, -0.25) is 0 Å². The highest BCUT2D eigenvalue weighted by molar-refractivity contribution is 9.10. The maximum atomic E-state index is 5.36. The van der Waals surface area contributed by atoms with Crippen LogP contribution in [0.25, 0.3) is 0 Å². The standard InChI is InChI=1S/C14H23BrN2O/c1-14(2,16-3)10-17-8-7-11-9-12(15)5-6-13(11)18-4/h5-6,9,16-17H,7-8,10H2,1-4H3. The van der Waals surface area contributed by atoms with E-state index in [1.165, 1.54) is 5.56 Å². The van der Waals surface area contributed by atoms with E-state index in [1.54, 1.807) is 7.11 Å². The third kappa shape index (κ3) is 4.96. The minimum absolute atomic E-state index is 0.126. The summed E-state index contributed by atoms with van der Waals surface area (Å²) in [5.41, 5.74) is 1.35. The lowest BCUT2D eigenvalue weighted by molar-refractivity contribution is 0.391. The first-order valence-electron chi connectivity index (χ1n) is 6.20. The van der Waals surface area contributed by atoms with E-state index in [0.29, 0.717) is 0 Å². The zero-order valence-corrected chi connectivity index (χ0v) is 13.2. The Morgan fingerprint density at radius 3 is 2.67 bits per heavy atom. The molecule has 1 aromatic rings. The van der Waals surface area contributed by atoms with Crippen molar-refractivity contribution in [3.8, 4) is 5.75 Å². The van der Waals surface area contributed by atoms with Crippen LogP contribution in [0.1, 0.15) is 19.4 Å². The zero-order valence-electron chi connectivity index (χ0n) is 11.6. The molecule has 0 aliphatic rings. The molecule has 0 radical (unpaired) electrons. The lowest BCUT2D eigenvalue weighted by atomic mass is 10.1. The number of nitrogens with one attached hydrogen (secondary N) is 2. The van der Waals surface area contributed by atoms with Crippen LogP contribution in [0.3, 0.4) is 0 Å². The Labute approximate surface area is 118 Å². The van der Waals surface area contributed by atoms with Gasteiger partial charge in [0.1, 0.15) is 5.75 Å². The summed E-state index contributed by atoms with van der Waals surface area (Å²) in [5, 5.41) is 6.74. The first kappa shape index (κ1) is 15.5. The summed E-state index contributed by atoms with van der Waals surface area (Å²) in [6.07, 6.45) is 0.961. The van der Waals surface area contributed by atoms with E-state index in [4.69, 9.17) is 4.74 Å². The predicted molar refractivity (Wildman–Crippen MR) is 80.4 cm³/mol. The van der Waals surface area contributed by atoms with Crippen LogP contribution in [0, 0.1) is 0 Å².